The zero-order valence-electron chi connectivity index (χ0n) is 11.5. The van der Waals surface area contributed by atoms with Gasteiger partial charge in [-0.2, -0.15) is 0 Å². The number of rotatable bonds is 5. The third-order valence-electron chi connectivity index (χ3n) is 3.66. The molecular formula is C14H22N4. The van der Waals surface area contributed by atoms with E-state index in [4.69, 9.17) is 10.7 Å². The summed E-state index contributed by atoms with van der Waals surface area (Å²) < 4.78 is 2.18. The first-order valence-corrected chi connectivity index (χ1v) is 6.76. The van der Waals surface area contributed by atoms with E-state index in [2.05, 4.69) is 30.3 Å². The fraction of sp³-hybridized carbons (Fsp3) is 0.571. The van der Waals surface area contributed by atoms with Crippen molar-refractivity contribution in [3.05, 3.63) is 24.2 Å². The fourth-order valence-electron chi connectivity index (χ4n) is 2.34. The maximum Gasteiger partial charge on any atom is 0.160 e. The van der Waals surface area contributed by atoms with Crippen molar-refractivity contribution in [1.29, 1.82) is 0 Å². The third kappa shape index (κ3) is 2.01. The highest BCUT2D eigenvalue weighted by molar-refractivity contribution is 5.71. The van der Waals surface area contributed by atoms with Gasteiger partial charge in [-0.3, -0.25) is 0 Å². The fourth-order valence-corrected chi connectivity index (χ4v) is 2.34. The molecule has 0 radical (unpaired) electrons. The van der Waals surface area contributed by atoms with Gasteiger partial charge >= 0.3 is 0 Å². The van der Waals surface area contributed by atoms with Crippen LogP contribution in [0.3, 0.4) is 0 Å². The van der Waals surface area contributed by atoms with Gasteiger partial charge in [0.1, 0.15) is 11.3 Å². The van der Waals surface area contributed by atoms with E-state index >= 15 is 0 Å². The average Bonchev–Trinajstić information content (AvgIpc) is 2.78. The molecule has 2 aromatic rings. The van der Waals surface area contributed by atoms with Crippen LogP contribution in [0.25, 0.3) is 11.2 Å². The van der Waals surface area contributed by atoms with Crippen molar-refractivity contribution in [1.82, 2.24) is 14.5 Å². The minimum Gasteiger partial charge on any atom is -0.319 e. The number of aromatic nitrogens is 3. The highest BCUT2D eigenvalue weighted by Crippen LogP contribution is 2.28. The Hall–Kier alpha value is -1.42. The van der Waals surface area contributed by atoms with Crippen LogP contribution in [0.2, 0.25) is 0 Å². The first-order valence-electron chi connectivity index (χ1n) is 6.76. The Kier molecular flexibility index (Phi) is 3.66. The highest BCUT2D eigenvalue weighted by Gasteiger charge is 2.29. The predicted molar refractivity (Wildman–Crippen MR) is 74.3 cm³/mol. The maximum absolute atomic E-state index is 6.50. The first-order chi connectivity index (χ1) is 8.66. The second-order valence-corrected chi connectivity index (χ2v) is 4.80. The van der Waals surface area contributed by atoms with Gasteiger partial charge in [-0.15, -0.1) is 0 Å². The number of fused-ring (bicyclic) bond motifs is 1. The molecular weight excluding hydrogens is 224 g/mol. The number of nitrogens with two attached hydrogens (primary N) is 1. The molecule has 0 aliphatic carbocycles. The standard InChI is InChI=1S/C14H22N4/c1-4-10-18-12-11(8-7-9-16-12)17-13(18)14(15,5-2)6-3/h7-9H,4-6,10,15H2,1-3H3. The van der Waals surface area contributed by atoms with E-state index in [0.717, 1.165) is 42.8 Å². The van der Waals surface area contributed by atoms with Crippen molar-refractivity contribution in [2.45, 2.75) is 52.1 Å². The van der Waals surface area contributed by atoms with E-state index in [1.165, 1.54) is 0 Å². The smallest absolute Gasteiger partial charge is 0.160 e. The summed E-state index contributed by atoms with van der Waals surface area (Å²) in [6.07, 6.45) is 4.64. The van der Waals surface area contributed by atoms with Gasteiger partial charge in [0.05, 0.1) is 5.54 Å². The Morgan fingerprint density at radius 2 is 2.00 bits per heavy atom. The van der Waals surface area contributed by atoms with Gasteiger partial charge < -0.3 is 10.3 Å². The third-order valence-corrected chi connectivity index (χ3v) is 3.66. The van der Waals surface area contributed by atoms with Gasteiger partial charge in [-0.1, -0.05) is 20.8 Å². The molecule has 2 rings (SSSR count). The van der Waals surface area contributed by atoms with E-state index in [1.54, 1.807) is 0 Å². The van der Waals surface area contributed by atoms with E-state index in [0.29, 0.717) is 0 Å². The molecule has 0 amide bonds. The highest BCUT2D eigenvalue weighted by atomic mass is 15.2. The van der Waals surface area contributed by atoms with Gasteiger partial charge in [0.2, 0.25) is 0 Å². The Morgan fingerprint density at radius 1 is 1.28 bits per heavy atom. The van der Waals surface area contributed by atoms with Gasteiger partial charge in [0, 0.05) is 12.7 Å². The van der Waals surface area contributed by atoms with Crippen LogP contribution in [0.1, 0.15) is 45.9 Å². The zero-order valence-corrected chi connectivity index (χ0v) is 11.5. The lowest BCUT2D eigenvalue weighted by atomic mass is 9.93. The lowest BCUT2D eigenvalue weighted by Gasteiger charge is -2.26. The number of aryl methyl sites for hydroxylation is 1. The van der Waals surface area contributed by atoms with E-state index < -0.39 is 0 Å². The average molecular weight is 246 g/mol. The topological polar surface area (TPSA) is 56.7 Å². The van der Waals surface area contributed by atoms with E-state index in [9.17, 15) is 0 Å². The first kappa shape index (κ1) is 13.0. The quantitative estimate of drug-likeness (QED) is 0.882. The van der Waals surface area contributed by atoms with Gasteiger partial charge in [-0.05, 0) is 31.4 Å². The van der Waals surface area contributed by atoms with Gasteiger partial charge in [0.15, 0.2) is 5.65 Å². The van der Waals surface area contributed by atoms with Crippen molar-refractivity contribution in [3.8, 4) is 0 Å². The molecule has 0 spiro atoms. The molecule has 0 atom stereocenters. The van der Waals surface area contributed by atoms with Crippen LogP contribution in [0.4, 0.5) is 0 Å². The largest absolute Gasteiger partial charge is 0.319 e. The zero-order chi connectivity index (χ0) is 13.2. The molecule has 18 heavy (non-hydrogen) atoms. The molecule has 0 aromatic carbocycles. The second-order valence-electron chi connectivity index (χ2n) is 4.80. The van der Waals surface area contributed by atoms with Crippen LogP contribution >= 0.6 is 0 Å². The SMILES string of the molecule is CCCn1c(C(N)(CC)CC)nc2cccnc21. The molecule has 98 valence electrons. The molecule has 2 N–H and O–H groups in total. The second kappa shape index (κ2) is 5.06. The molecule has 4 heteroatoms. The van der Waals surface area contributed by atoms with Gasteiger partial charge in [-0.25, -0.2) is 9.97 Å². The van der Waals surface area contributed by atoms with E-state index in [-0.39, 0.29) is 5.54 Å². The van der Waals surface area contributed by atoms with Crippen molar-refractivity contribution < 1.29 is 0 Å². The van der Waals surface area contributed by atoms with E-state index in [1.807, 2.05) is 18.3 Å². The maximum atomic E-state index is 6.50. The Morgan fingerprint density at radius 3 is 2.61 bits per heavy atom. The summed E-state index contributed by atoms with van der Waals surface area (Å²) in [5.74, 6) is 0.975. The molecule has 0 saturated heterocycles. The van der Waals surface area contributed by atoms with Crippen LogP contribution in [0.5, 0.6) is 0 Å². The monoisotopic (exact) mass is 246 g/mol. The molecule has 0 unspecified atom stereocenters. The summed E-state index contributed by atoms with van der Waals surface area (Å²) in [6, 6.07) is 3.93. The Bertz CT molecular complexity index is 526. The number of hydrogen-bond acceptors (Lipinski definition) is 3. The molecule has 2 aromatic heterocycles. The molecule has 2 heterocycles. The molecule has 0 fully saturated rings. The Balaban J connectivity index is 2.65. The summed E-state index contributed by atoms with van der Waals surface area (Å²) >= 11 is 0. The lowest BCUT2D eigenvalue weighted by molar-refractivity contribution is 0.370. The number of nitrogens with zero attached hydrogens (tertiary/aromatic N) is 3. The molecule has 4 nitrogen and oxygen atoms in total. The van der Waals surface area contributed by atoms with Crippen LogP contribution in [-0.2, 0) is 12.1 Å². The summed E-state index contributed by atoms with van der Waals surface area (Å²) in [4.78, 5) is 9.17. The Labute approximate surface area is 108 Å². The van der Waals surface area contributed by atoms with Crippen molar-refractivity contribution in [3.63, 3.8) is 0 Å². The van der Waals surface area contributed by atoms with Crippen molar-refractivity contribution >= 4 is 11.2 Å². The van der Waals surface area contributed by atoms with Crippen LogP contribution in [0, 0.1) is 0 Å². The van der Waals surface area contributed by atoms with Crippen molar-refractivity contribution in [2.24, 2.45) is 5.73 Å². The number of hydrogen-bond donors (Lipinski definition) is 1. The molecule has 0 saturated carbocycles. The summed E-state index contributed by atoms with van der Waals surface area (Å²) in [5, 5.41) is 0. The molecule has 0 aliphatic rings. The minimum atomic E-state index is -0.351. The van der Waals surface area contributed by atoms with Crippen LogP contribution < -0.4 is 5.73 Å². The minimum absolute atomic E-state index is 0.351. The summed E-state index contributed by atoms with van der Waals surface area (Å²) in [6.45, 7) is 7.32. The summed E-state index contributed by atoms with van der Waals surface area (Å²) in [7, 11) is 0. The normalized spacial score (nSPS) is 12.2. The number of pyridine rings is 1. The summed E-state index contributed by atoms with van der Waals surface area (Å²) in [5.41, 5.74) is 8.04. The van der Waals surface area contributed by atoms with Gasteiger partial charge in [0.25, 0.3) is 0 Å². The van der Waals surface area contributed by atoms with Crippen LogP contribution in [0.15, 0.2) is 18.3 Å². The lowest BCUT2D eigenvalue weighted by Crippen LogP contribution is -2.38. The van der Waals surface area contributed by atoms with Crippen molar-refractivity contribution in [2.75, 3.05) is 0 Å². The molecule has 0 bridgehead atoms. The predicted octanol–water partition coefficient (Wildman–Crippen LogP) is 2.82. The number of imidazole rings is 1. The van der Waals surface area contributed by atoms with Crippen LogP contribution in [-0.4, -0.2) is 14.5 Å². The molecule has 0 aliphatic heterocycles.